The maximum atomic E-state index is 8.84. The first-order valence-corrected chi connectivity index (χ1v) is 7.72. The number of hydrogen-bond donors (Lipinski definition) is 0. The summed E-state index contributed by atoms with van der Waals surface area (Å²) in [6.07, 6.45) is 4.70. The van der Waals surface area contributed by atoms with E-state index in [4.69, 9.17) is 9.78 Å². The van der Waals surface area contributed by atoms with Gasteiger partial charge in [-0.3, -0.25) is 4.90 Å². The molecule has 22 heavy (non-hydrogen) atoms. The maximum Gasteiger partial charge on any atom is 0.160 e. The van der Waals surface area contributed by atoms with Gasteiger partial charge in [-0.2, -0.15) is 5.26 Å². The van der Waals surface area contributed by atoms with Crippen LogP contribution in [0, 0.1) is 17.2 Å². The van der Waals surface area contributed by atoms with E-state index < -0.39 is 0 Å². The number of nitrogens with zero attached hydrogens (tertiary/aromatic N) is 3. The highest BCUT2D eigenvalue weighted by Crippen LogP contribution is 2.33. The van der Waals surface area contributed by atoms with Crippen molar-refractivity contribution in [2.75, 3.05) is 19.6 Å². The summed E-state index contributed by atoms with van der Waals surface area (Å²) in [4.78, 5) is 2.50. The van der Waals surface area contributed by atoms with E-state index in [1.165, 1.54) is 31.5 Å². The first-order chi connectivity index (χ1) is 10.8. The molecular formula is C18H17N3O. The van der Waals surface area contributed by atoms with Gasteiger partial charge in [0, 0.05) is 18.2 Å². The Morgan fingerprint density at radius 3 is 2.64 bits per heavy atom. The van der Waals surface area contributed by atoms with Gasteiger partial charge in [-0.15, -0.1) is 0 Å². The molecule has 3 fully saturated rings. The first kappa shape index (κ1) is 13.3. The van der Waals surface area contributed by atoms with Gasteiger partial charge >= 0.3 is 0 Å². The molecule has 0 radical (unpaired) electrons. The van der Waals surface area contributed by atoms with Crippen LogP contribution < -0.4 is 0 Å². The summed E-state index contributed by atoms with van der Waals surface area (Å²) < 4.78 is 5.48. The highest BCUT2D eigenvalue weighted by atomic mass is 16.5. The Kier molecular flexibility index (Phi) is 3.28. The van der Waals surface area contributed by atoms with Gasteiger partial charge in [-0.25, -0.2) is 0 Å². The fraction of sp³-hybridized carbons (Fsp3) is 0.333. The van der Waals surface area contributed by atoms with Crippen LogP contribution in [-0.2, 0) is 0 Å². The molecule has 110 valence electrons. The van der Waals surface area contributed by atoms with E-state index in [-0.39, 0.29) is 0 Å². The highest BCUT2D eigenvalue weighted by molar-refractivity contribution is 5.63. The van der Waals surface area contributed by atoms with Crippen molar-refractivity contribution < 1.29 is 4.52 Å². The lowest BCUT2D eigenvalue weighted by Gasteiger charge is -2.40. The van der Waals surface area contributed by atoms with Crippen LogP contribution in [0.2, 0.25) is 0 Å². The zero-order valence-corrected chi connectivity index (χ0v) is 12.3. The quantitative estimate of drug-likeness (QED) is 0.851. The van der Waals surface area contributed by atoms with Crippen LogP contribution >= 0.6 is 0 Å². The molecule has 1 aromatic carbocycles. The van der Waals surface area contributed by atoms with Crippen molar-refractivity contribution in [2.45, 2.75) is 12.8 Å². The van der Waals surface area contributed by atoms with E-state index in [9.17, 15) is 0 Å². The van der Waals surface area contributed by atoms with E-state index in [1.54, 1.807) is 12.1 Å². The molecule has 4 nitrogen and oxygen atoms in total. The van der Waals surface area contributed by atoms with Gasteiger partial charge in [0.1, 0.15) is 5.69 Å². The molecule has 0 amide bonds. The summed E-state index contributed by atoms with van der Waals surface area (Å²) in [7, 11) is 0. The molecule has 4 heterocycles. The van der Waals surface area contributed by atoms with Gasteiger partial charge in [0.25, 0.3) is 0 Å². The molecular weight excluding hydrogens is 274 g/mol. The monoisotopic (exact) mass is 291 g/mol. The zero-order chi connectivity index (χ0) is 14.9. The molecule has 3 saturated heterocycles. The summed E-state index contributed by atoms with van der Waals surface area (Å²) in [5, 5.41) is 13.0. The minimum atomic E-state index is 0.655. The second kappa shape index (κ2) is 5.43. The van der Waals surface area contributed by atoms with E-state index in [2.05, 4.69) is 22.2 Å². The molecule has 0 atom stereocenters. The molecule has 0 N–H and O–H groups in total. The molecule has 2 bridgehead atoms. The van der Waals surface area contributed by atoms with Crippen LogP contribution in [-0.4, -0.2) is 29.7 Å². The number of fused-ring (bicyclic) bond motifs is 3. The molecule has 1 aromatic heterocycles. The van der Waals surface area contributed by atoms with Crippen LogP contribution in [0.5, 0.6) is 0 Å². The molecule has 0 unspecified atom stereocenters. The predicted molar refractivity (Wildman–Crippen MR) is 83.8 cm³/mol. The van der Waals surface area contributed by atoms with E-state index in [0.717, 1.165) is 23.6 Å². The number of benzene rings is 1. The van der Waals surface area contributed by atoms with Gasteiger partial charge in [0.15, 0.2) is 5.76 Å². The number of piperidine rings is 3. The Morgan fingerprint density at radius 2 is 2.00 bits per heavy atom. The number of hydrogen-bond acceptors (Lipinski definition) is 4. The summed E-state index contributed by atoms with van der Waals surface area (Å²) in [6, 6.07) is 11.5. The molecule has 3 aliphatic rings. The van der Waals surface area contributed by atoms with Crippen LogP contribution in [0.15, 0.2) is 40.4 Å². The fourth-order valence-corrected chi connectivity index (χ4v) is 3.40. The maximum absolute atomic E-state index is 8.84. The van der Waals surface area contributed by atoms with Crippen molar-refractivity contribution in [2.24, 2.45) is 5.92 Å². The minimum absolute atomic E-state index is 0.655. The third-order valence-electron chi connectivity index (χ3n) is 4.68. The Hall–Kier alpha value is -2.38. The molecule has 5 rings (SSSR count). The first-order valence-electron chi connectivity index (χ1n) is 7.72. The fourth-order valence-electron chi connectivity index (χ4n) is 3.40. The smallest absolute Gasteiger partial charge is 0.160 e. The Balaban J connectivity index is 1.57. The average molecular weight is 291 g/mol. The lowest BCUT2D eigenvalue weighted by Crippen LogP contribution is -2.42. The van der Waals surface area contributed by atoms with E-state index >= 15 is 0 Å². The Bertz CT molecular complexity index is 743. The normalized spacial score (nSPS) is 25.3. The second-order valence-corrected chi connectivity index (χ2v) is 6.07. The van der Waals surface area contributed by atoms with Gasteiger partial charge in [-0.05, 0) is 55.6 Å². The lowest BCUT2D eigenvalue weighted by molar-refractivity contribution is 0.163. The standard InChI is InChI=1S/C18H17N3O/c19-11-13-1-3-15(4-2-13)18-10-17(22-20-18)9-16-12-21-7-5-14(16)6-8-21/h1-4,9-10,14H,5-8,12H2/b16-9-. The van der Waals surface area contributed by atoms with Crippen LogP contribution in [0.4, 0.5) is 0 Å². The zero-order valence-electron chi connectivity index (χ0n) is 12.3. The topological polar surface area (TPSA) is 53.1 Å². The summed E-state index contributed by atoms with van der Waals surface area (Å²) >= 11 is 0. The van der Waals surface area contributed by atoms with Gasteiger partial charge in [0.05, 0.1) is 11.6 Å². The Morgan fingerprint density at radius 1 is 1.23 bits per heavy atom. The molecule has 3 aliphatic heterocycles. The molecule has 0 aliphatic carbocycles. The van der Waals surface area contributed by atoms with Crippen LogP contribution in [0.25, 0.3) is 17.3 Å². The largest absolute Gasteiger partial charge is 0.356 e. The van der Waals surface area contributed by atoms with Crippen LogP contribution in [0.3, 0.4) is 0 Å². The highest BCUT2D eigenvalue weighted by Gasteiger charge is 2.29. The summed E-state index contributed by atoms with van der Waals surface area (Å²) in [5.74, 6) is 1.54. The van der Waals surface area contributed by atoms with Crippen LogP contribution in [0.1, 0.15) is 24.2 Å². The predicted octanol–water partition coefficient (Wildman–Crippen LogP) is 3.32. The van der Waals surface area contributed by atoms with Crippen molar-refractivity contribution in [1.29, 1.82) is 5.26 Å². The van der Waals surface area contributed by atoms with E-state index in [1.807, 2.05) is 18.2 Å². The lowest BCUT2D eigenvalue weighted by atomic mass is 9.83. The minimum Gasteiger partial charge on any atom is -0.356 e. The van der Waals surface area contributed by atoms with Gasteiger partial charge in [0.2, 0.25) is 0 Å². The van der Waals surface area contributed by atoms with Crippen molar-refractivity contribution in [3.63, 3.8) is 0 Å². The third-order valence-corrected chi connectivity index (χ3v) is 4.68. The third kappa shape index (κ3) is 2.44. The van der Waals surface area contributed by atoms with Crippen molar-refractivity contribution in [3.8, 4) is 17.3 Å². The molecule has 2 aromatic rings. The molecule has 0 spiro atoms. The number of rotatable bonds is 2. The number of nitriles is 1. The SMILES string of the molecule is N#Cc1ccc(-c2cc(/C=C3/CN4CCC3CC4)on2)cc1. The average Bonchev–Trinajstić information content (AvgIpc) is 3.04. The van der Waals surface area contributed by atoms with Crippen molar-refractivity contribution >= 4 is 6.08 Å². The molecule has 4 heteroatoms. The van der Waals surface area contributed by atoms with Gasteiger partial charge in [-0.1, -0.05) is 17.3 Å². The van der Waals surface area contributed by atoms with E-state index in [0.29, 0.717) is 11.5 Å². The summed E-state index contributed by atoms with van der Waals surface area (Å²) in [5.41, 5.74) is 3.92. The summed E-state index contributed by atoms with van der Waals surface area (Å²) in [6.45, 7) is 3.53. The van der Waals surface area contributed by atoms with Crippen molar-refractivity contribution in [1.82, 2.24) is 10.1 Å². The van der Waals surface area contributed by atoms with Gasteiger partial charge < -0.3 is 4.52 Å². The Labute approximate surface area is 129 Å². The van der Waals surface area contributed by atoms with Crippen molar-refractivity contribution in [3.05, 3.63) is 47.2 Å². The molecule has 0 saturated carbocycles. The number of aromatic nitrogens is 1. The second-order valence-electron chi connectivity index (χ2n) is 6.07.